The van der Waals surface area contributed by atoms with Crippen LogP contribution in [0.2, 0.25) is 0 Å². The van der Waals surface area contributed by atoms with Crippen molar-refractivity contribution < 1.29 is 19.1 Å². The molecule has 1 atom stereocenters. The third-order valence-corrected chi connectivity index (χ3v) is 2.39. The van der Waals surface area contributed by atoms with Gasteiger partial charge in [-0.25, -0.2) is 0 Å². The van der Waals surface area contributed by atoms with E-state index in [0.717, 1.165) is 25.7 Å². The molecule has 0 aromatic rings. The van der Waals surface area contributed by atoms with Gasteiger partial charge in [-0.15, -0.1) is 11.6 Å². The Balaban J connectivity index is 3.43. The van der Waals surface area contributed by atoms with Crippen LogP contribution in [-0.4, -0.2) is 30.5 Å². The second-order valence-electron chi connectivity index (χ2n) is 4.24. The lowest BCUT2D eigenvalue weighted by atomic mass is 10.2. The van der Waals surface area contributed by atoms with Gasteiger partial charge in [0.1, 0.15) is 6.61 Å². The van der Waals surface area contributed by atoms with Crippen LogP contribution in [0.25, 0.3) is 0 Å². The molecular weight excluding hydrogens is 256 g/mol. The average Bonchev–Trinajstić information content (AvgIpc) is 2.33. The first-order valence-electron chi connectivity index (χ1n) is 6.51. The van der Waals surface area contributed by atoms with Crippen molar-refractivity contribution in [3.8, 4) is 0 Å². The van der Waals surface area contributed by atoms with E-state index in [1.165, 1.54) is 0 Å². The fourth-order valence-electron chi connectivity index (χ4n) is 1.27. The highest BCUT2D eigenvalue weighted by molar-refractivity contribution is 6.20. The number of carbonyl (C=O) groups is 2. The van der Waals surface area contributed by atoms with Gasteiger partial charge in [0.25, 0.3) is 0 Å². The predicted molar refractivity (Wildman–Crippen MR) is 70.6 cm³/mol. The van der Waals surface area contributed by atoms with Crippen LogP contribution in [0.5, 0.6) is 0 Å². The Kier molecular flexibility index (Phi) is 10.8. The van der Waals surface area contributed by atoms with Crippen molar-refractivity contribution in [2.75, 3.05) is 13.2 Å². The molecular formula is C13H23ClO4. The maximum atomic E-state index is 11.3. The molecule has 0 aromatic carbocycles. The zero-order chi connectivity index (χ0) is 13.8. The predicted octanol–water partition coefficient (Wildman–Crippen LogP) is 3.06. The molecule has 0 radical (unpaired) electrons. The smallest absolute Gasteiger partial charge is 0.306 e. The second kappa shape index (κ2) is 11.3. The van der Waals surface area contributed by atoms with Crippen molar-refractivity contribution in [1.29, 1.82) is 0 Å². The number of rotatable bonds is 10. The van der Waals surface area contributed by atoms with Crippen LogP contribution in [0.1, 0.15) is 52.4 Å². The Hall–Kier alpha value is -0.770. The largest absolute Gasteiger partial charge is 0.466 e. The van der Waals surface area contributed by atoms with Gasteiger partial charge in [0.15, 0.2) is 0 Å². The van der Waals surface area contributed by atoms with Crippen LogP contribution < -0.4 is 0 Å². The quantitative estimate of drug-likeness (QED) is 0.350. The molecule has 0 spiro atoms. The molecule has 0 fully saturated rings. The topological polar surface area (TPSA) is 52.6 Å². The van der Waals surface area contributed by atoms with Gasteiger partial charge >= 0.3 is 11.9 Å². The third-order valence-electron chi connectivity index (χ3n) is 2.27. The molecule has 0 N–H and O–H groups in total. The molecule has 5 heteroatoms. The number of alkyl halides is 1. The first kappa shape index (κ1) is 17.2. The van der Waals surface area contributed by atoms with Gasteiger partial charge in [-0.1, -0.05) is 26.2 Å². The Bertz CT molecular complexity index is 241. The third kappa shape index (κ3) is 11.7. The molecule has 0 saturated heterocycles. The molecule has 0 amide bonds. The summed E-state index contributed by atoms with van der Waals surface area (Å²) in [5.74, 6) is -0.757. The SMILES string of the molecule is CCCCCCOC(=O)CCC(=O)OCC(C)Cl. The number of hydrogen-bond donors (Lipinski definition) is 0. The van der Waals surface area contributed by atoms with E-state index in [-0.39, 0.29) is 30.8 Å². The number of carbonyl (C=O) groups excluding carboxylic acids is 2. The van der Waals surface area contributed by atoms with Crippen molar-refractivity contribution >= 4 is 23.5 Å². The second-order valence-corrected chi connectivity index (χ2v) is 4.99. The molecule has 0 aliphatic carbocycles. The summed E-state index contributed by atoms with van der Waals surface area (Å²) in [5.41, 5.74) is 0. The van der Waals surface area contributed by atoms with Gasteiger partial charge < -0.3 is 9.47 Å². The molecule has 106 valence electrons. The lowest BCUT2D eigenvalue weighted by Crippen LogP contribution is -2.14. The van der Waals surface area contributed by atoms with Crippen molar-refractivity contribution in [3.63, 3.8) is 0 Å². The highest BCUT2D eigenvalue weighted by Gasteiger charge is 2.09. The number of halogens is 1. The molecule has 4 nitrogen and oxygen atoms in total. The molecule has 0 bridgehead atoms. The van der Waals surface area contributed by atoms with E-state index < -0.39 is 5.97 Å². The van der Waals surface area contributed by atoms with E-state index in [0.29, 0.717) is 6.61 Å². The van der Waals surface area contributed by atoms with Crippen LogP contribution in [0.3, 0.4) is 0 Å². The molecule has 0 aliphatic rings. The van der Waals surface area contributed by atoms with Crippen LogP contribution >= 0.6 is 11.6 Å². The van der Waals surface area contributed by atoms with E-state index >= 15 is 0 Å². The van der Waals surface area contributed by atoms with E-state index in [1.54, 1.807) is 6.92 Å². The van der Waals surface area contributed by atoms with Crippen molar-refractivity contribution in [2.45, 2.75) is 57.7 Å². The van der Waals surface area contributed by atoms with Gasteiger partial charge in [-0.2, -0.15) is 0 Å². The number of esters is 2. The lowest BCUT2D eigenvalue weighted by molar-refractivity contribution is -0.150. The van der Waals surface area contributed by atoms with Gasteiger partial charge in [-0.3, -0.25) is 9.59 Å². The summed E-state index contributed by atoms with van der Waals surface area (Å²) in [5, 5.41) is -0.209. The first-order valence-corrected chi connectivity index (χ1v) is 6.95. The summed E-state index contributed by atoms with van der Waals surface area (Å²) in [6.45, 7) is 4.47. The molecule has 18 heavy (non-hydrogen) atoms. The Morgan fingerprint density at radius 2 is 1.67 bits per heavy atom. The van der Waals surface area contributed by atoms with Crippen molar-refractivity contribution in [1.82, 2.24) is 0 Å². The van der Waals surface area contributed by atoms with Crippen LogP contribution in [0, 0.1) is 0 Å². The Morgan fingerprint density at radius 1 is 1.06 bits per heavy atom. The fourth-order valence-corrected chi connectivity index (χ4v) is 1.33. The monoisotopic (exact) mass is 278 g/mol. The first-order chi connectivity index (χ1) is 8.56. The van der Waals surface area contributed by atoms with Gasteiger partial charge in [0.2, 0.25) is 0 Å². The summed E-state index contributed by atoms with van der Waals surface area (Å²) < 4.78 is 9.82. The molecule has 1 unspecified atom stereocenters. The van der Waals surface area contributed by atoms with Crippen molar-refractivity contribution in [3.05, 3.63) is 0 Å². The minimum absolute atomic E-state index is 0.0530. The summed E-state index contributed by atoms with van der Waals surface area (Å²) >= 11 is 5.63. The van der Waals surface area contributed by atoms with E-state index in [4.69, 9.17) is 21.1 Å². The maximum absolute atomic E-state index is 11.3. The molecule has 0 heterocycles. The molecule has 0 aliphatic heterocycles. The van der Waals surface area contributed by atoms with Gasteiger partial charge in [0.05, 0.1) is 24.8 Å². The standard InChI is InChI=1S/C13H23ClO4/c1-3-4-5-6-9-17-12(15)7-8-13(16)18-10-11(2)14/h11H,3-10H2,1-2H3. The minimum Gasteiger partial charge on any atom is -0.466 e. The number of ether oxygens (including phenoxy) is 2. The summed E-state index contributed by atoms with van der Waals surface area (Å²) in [4.78, 5) is 22.4. The van der Waals surface area contributed by atoms with E-state index in [1.807, 2.05) is 0 Å². The molecule has 0 aromatic heterocycles. The Labute approximate surface area is 114 Å². The van der Waals surface area contributed by atoms with E-state index in [2.05, 4.69) is 6.92 Å². The normalized spacial score (nSPS) is 11.9. The summed E-state index contributed by atoms with van der Waals surface area (Å²) in [6, 6.07) is 0. The maximum Gasteiger partial charge on any atom is 0.306 e. The van der Waals surface area contributed by atoms with E-state index in [9.17, 15) is 9.59 Å². The number of hydrogen-bond acceptors (Lipinski definition) is 4. The molecule has 0 saturated carbocycles. The van der Waals surface area contributed by atoms with Crippen LogP contribution in [0.15, 0.2) is 0 Å². The highest BCUT2D eigenvalue weighted by atomic mass is 35.5. The molecule has 0 rings (SSSR count). The average molecular weight is 279 g/mol. The fraction of sp³-hybridized carbons (Fsp3) is 0.846. The van der Waals surface area contributed by atoms with Crippen LogP contribution in [-0.2, 0) is 19.1 Å². The zero-order valence-electron chi connectivity index (χ0n) is 11.2. The summed E-state index contributed by atoms with van der Waals surface area (Å²) in [6.07, 6.45) is 4.38. The van der Waals surface area contributed by atoms with Crippen LogP contribution in [0.4, 0.5) is 0 Å². The minimum atomic E-state index is -0.412. The lowest BCUT2D eigenvalue weighted by Gasteiger charge is -2.06. The van der Waals surface area contributed by atoms with Crippen molar-refractivity contribution in [2.24, 2.45) is 0 Å². The number of unbranched alkanes of at least 4 members (excludes halogenated alkanes) is 3. The van der Waals surface area contributed by atoms with Gasteiger partial charge in [-0.05, 0) is 13.3 Å². The summed E-state index contributed by atoms with van der Waals surface area (Å²) in [7, 11) is 0. The zero-order valence-corrected chi connectivity index (χ0v) is 12.0. The van der Waals surface area contributed by atoms with Gasteiger partial charge in [0, 0.05) is 0 Å². The Morgan fingerprint density at radius 3 is 2.22 bits per heavy atom. The highest BCUT2D eigenvalue weighted by Crippen LogP contribution is 2.02.